The van der Waals surface area contributed by atoms with Gasteiger partial charge in [-0.1, -0.05) is 18.2 Å². The van der Waals surface area contributed by atoms with Gasteiger partial charge in [0.05, 0.1) is 18.1 Å². The Hall–Kier alpha value is -3.06. The molecule has 0 aliphatic carbocycles. The van der Waals surface area contributed by atoms with Crippen LogP contribution >= 0.6 is 11.6 Å². The number of anilines is 1. The first kappa shape index (κ1) is 17.8. The van der Waals surface area contributed by atoms with E-state index in [9.17, 15) is 13.6 Å². The van der Waals surface area contributed by atoms with Crippen LogP contribution in [-0.4, -0.2) is 21.4 Å². The number of hydrogen-bond donors (Lipinski definition) is 1. The molecule has 0 unspecified atom stereocenters. The predicted octanol–water partition coefficient (Wildman–Crippen LogP) is 4.56. The van der Waals surface area contributed by atoms with Crippen molar-refractivity contribution in [1.82, 2.24) is 9.97 Å². The number of benzene rings is 2. The number of nitrogens with one attached hydrogen (secondary N) is 1. The molecule has 26 heavy (non-hydrogen) atoms. The smallest absolute Gasteiger partial charge is 0.420 e. The Bertz CT molecular complexity index is 883. The highest BCUT2D eigenvalue weighted by Gasteiger charge is 2.27. The van der Waals surface area contributed by atoms with Gasteiger partial charge < -0.3 is 10.1 Å². The molecule has 1 heterocycles. The average Bonchev–Trinajstić information content (AvgIpc) is 2.62. The number of alkyl halides is 3. The molecule has 0 saturated carbocycles. The van der Waals surface area contributed by atoms with Gasteiger partial charge in [0.2, 0.25) is 0 Å². The van der Waals surface area contributed by atoms with E-state index in [0.29, 0.717) is 22.6 Å². The third-order valence-electron chi connectivity index (χ3n) is 3.29. The molecule has 0 spiro atoms. The summed E-state index contributed by atoms with van der Waals surface area (Å²) in [4.78, 5) is 20.4. The van der Waals surface area contributed by atoms with Crippen molar-refractivity contribution < 1.29 is 18.3 Å². The van der Waals surface area contributed by atoms with Gasteiger partial charge in [-0.15, -0.1) is 8.78 Å². The van der Waals surface area contributed by atoms with Gasteiger partial charge in [0.1, 0.15) is 5.75 Å². The third-order valence-corrected chi connectivity index (χ3v) is 3.37. The standard InChI is InChI=1S/C18H12ClF2N3O2/c19-18(20,21)26-15-8-6-12(7-9-15)16-22-10-14(11-23-16)24-17(25)13-4-2-1-3-5-13/h1-11H,(H,24,25). The Morgan fingerprint density at radius 1 is 1.00 bits per heavy atom. The molecule has 132 valence electrons. The first-order valence-electron chi connectivity index (χ1n) is 7.45. The molecule has 1 amide bonds. The van der Waals surface area contributed by atoms with Crippen LogP contribution in [0.1, 0.15) is 10.4 Å². The number of carbonyl (C=O) groups is 1. The topological polar surface area (TPSA) is 64.1 Å². The highest BCUT2D eigenvalue weighted by Crippen LogP contribution is 2.26. The minimum atomic E-state index is -3.77. The molecule has 5 nitrogen and oxygen atoms in total. The molecule has 0 saturated heterocycles. The number of rotatable bonds is 5. The van der Waals surface area contributed by atoms with Crippen LogP contribution in [0.25, 0.3) is 11.4 Å². The number of nitrogens with zero attached hydrogens (tertiary/aromatic N) is 2. The van der Waals surface area contributed by atoms with E-state index in [4.69, 9.17) is 11.6 Å². The predicted molar refractivity (Wildman–Crippen MR) is 93.3 cm³/mol. The second-order valence-electron chi connectivity index (χ2n) is 5.19. The zero-order valence-electron chi connectivity index (χ0n) is 13.2. The fourth-order valence-electron chi connectivity index (χ4n) is 2.14. The minimum Gasteiger partial charge on any atom is -0.420 e. The summed E-state index contributed by atoms with van der Waals surface area (Å²) in [5.74, 6) is 0.0119. The zero-order chi connectivity index (χ0) is 18.6. The normalized spacial score (nSPS) is 11.0. The van der Waals surface area contributed by atoms with E-state index in [0.717, 1.165) is 0 Å². The summed E-state index contributed by atoms with van der Waals surface area (Å²) in [7, 11) is 0. The average molecular weight is 376 g/mol. The van der Waals surface area contributed by atoms with E-state index >= 15 is 0 Å². The first-order chi connectivity index (χ1) is 12.4. The number of halogens is 3. The van der Waals surface area contributed by atoms with Gasteiger partial charge in [0.25, 0.3) is 5.91 Å². The molecule has 0 aliphatic heterocycles. The maximum Gasteiger partial charge on any atom is 0.487 e. The van der Waals surface area contributed by atoms with Gasteiger partial charge in [-0.05, 0) is 36.4 Å². The van der Waals surface area contributed by atoms with Crippen molar-refractivity contribution in [3.8, 4) is 17.1 Å². The van der Waals surface area contributed by atoms with Crippen LogP contribution in [0.15, 0.2) is 67.0 Å². The van der Waals surface area contributed by atoms with E-state index in [1.165, 1.54) is 36.7 Å². The number of hydrogen-bond acceptors (Lipinski definition) is 4. The highest BCUT2D eigenvalue weighted by atomic mass is 35.5. The molecule has 0 bridgehead atoms. The molecule has 0 radical (unpaired) electrons. The minimum absolute atomic E-state index is 0.0829. The monoisotopic (exact) mass is 375 g/mol. The van der Waals surface area contributed by atoms with Crippen molar-refractivity contribution in [3.05, 3.63) is 72.6 Å². The van der Waals surface area contributed by atoms with Crippen LogP contribution in [0.4, 0.5) is 14.5 Å². The van der Waals surface area contributed by atoms with Gasteiger partial charge in [-0.2, -0.15) is 0 Å². The van der Waals surface area contributed by atoms with Crippen LogP contribution in [-0.2, 0) is 0 Å². The highest BCUT2D eigenvalue weighted by molar-refractivity contribution is 6.20. The summed E-state index contributed by atoms with van der Waals surface area (Å²) >= 11 is 4.71. The largest absolute Gasteiger partial charge is 0.487 e. The van der Waals surface area contributed by atoms with Gasteiger partial charge in [-0.25, -0.2) is 9.97 Å². The van der Waals surface area contributed by atoms with Crippen LogP contribution in [0.2, 0.25) is 0 Å². The summed E-state index contributed by atoms with van der Waals surface area (Å²) in [5.41, 5.74) is -2.22. The van der Waals surface area contributed by atoms with E-state index in [-0.39, 0.29) is 11.7 Å². The molecule has 2 aromatic carbocycles. The Labute approximate surface area is 152 Å². The Balaban J connectivity index is 1.68. The van der Waals surface area contributed by atoms with E-state index in [2.05, 4.69) is 20.0 Å². The second kappa shape index (κ2) is 7.45. The van der Waals surface area contributed by atoms with Crippen molar-refractivity contribution in [3.63, 3.8) is 0 Å². The second-order valence-corrected chi connectivity index (χ2v) is 5.63. The summed E-state index contributed by atoms with van der Waals surface area (Å²) in [5, 5.41) is 2.69. The Morgan fingerprint density at radius 2 is 1.62 bits per heavy atom. The molecule has 0 atom stereocenters. The molecule has 8 heteroatoms. The van der Waals surface area contributed by atoms with Crippen molar-refractivity contribution in [2.24, 2.45) is 0 Å². The third kappa shape index (κ3) is 4.73. The van der Waals surface area contributed by atoms with Gasteiger partial charge in [0.15, 0.2) is 5.82 Å². The molecular formula is C18H12ClF2N3O2. The molecule has 1 N–H and O–H groups in total. The number of carbonyl (C=O) groups excluding carboxylic acids is 1. The summed E-state index contributed by atoms with van der Waals surface area (Å²) in [6.07, 6.45) is 2.92. The lowest BCUT2D eigenvalue weighted by Crippen LogP contribution is -2.15. The lowest BCUT2D eigenvalue weighted by Gasteiger charge is -2.10. The lowest BCUT2D eigenvalue weighted by molar-refractivity contribution is -0.0964. The zero-order valence-corrected chi connectivity index (χ0v) is 14.0. The molecular weight excluding hydrogens is 364 g/mol. The molecule has 3 aromatic rings. The summed E-state index contributed by atoms with van der Waals surface area (Å²) in [6, 6.07) is 14.4. The van der Waals surface area contributed by atoms with E-state index < -0.39 is 5.57 Å². The van der Waals surface area contributed by atoms with Crippen LogP contribution < -0.4 is 10.1 Å². The van der Waals surface area contributed by atoms with Crippen molar-refractivity contribution in [2.45, 2.75) is 5.57 Å². The van der Waals surface area contributed by atoms with E-state index in [1.54, 1.807) is 24.3 Å². The van der Waals surface area contributed by atoms with Gasteiger partial charge in [0, 0.05) is 22.7 Å². The van der Waals surface area contributed by atoms with Crippen LogP contribution in [0.5, 0.6) is 5.75 Å². The van der Waals surface area contributed by atoms with Crippen molar-refractivity contribution >= 4 is 23.2 Å². The SMILES string of the molecule is O=C(Nc1cnc(-c2ccc(OC(F)(F)Cl)cc2)nc1)c1ccccc1. The summed E-state index contributed by atoms with van der Waals surface area (Å²) in [6.45, 7) is 0. The first-order valence-corrected chi connectivity index (χ1v) is 7.83. The van der Waals surface area contributed by atoms with Crippen LogP contribution in [0, 0.1) is 0 Å². The van der Waals surface area contributed by atoms with Gasteiger partial charge >= 0.3 is 5.57 Å². The lowest BCUT2D eigenvalue weighted by atomic mass is 10.2. The van der Waals surface area contributed by atoms with Crippen molar-refractivity contribution in [1.29, 1.82) is 0 Å². The maximum absolute atomic E-state index is 12.6. The maximum atomic E-state index is 12.6. The molecule has 1 aromatic heterocycles. The Morgan fingerprint density at radius 3 is 2.19 bits per heavy atom. The van der Waals surface area contributed by atoms with Crippen molar-refractivity contribution in [2.75, 3.05) is 5.32 Å². The number of ether oxygens (including phenoxy) is 1. The fraction of sp³-hybridized carbons (Fsp3) is 0.0556. The van der Waals surface area contributed by atoms with E-state index in [1.807, 2.05) is 6.07 Å². The van der Waals surface area contributed by atoms with Gasteiger partial charge in [-0.3, -0.25) is 4.79 Å². The van der Waals surface area contributed by atoms with Crippen LogP contribution in [0.3, 0.4) is 0 Å². The fourth-order valence-corrected chi connectivity index (χ4v) is 2.23. The molecule has 0 fully saturated rings. The number of amides is 1. The summed E-state index contributed by atoms with van der Waals surface area (Å²) < 4.78 is 29.4. The number of aromatic nitrogens is 2. The quantitative estimate of drug-likeness (QED) is 0.664. The molecule has 3 rings (SSSR count). The molecule has 0 aliphatic rings. The Kier molecular flexibility index (Phi) is 5.09.